The molecule has 2 aliphatic rings. The van der Waals surface area contributed by atoms with Crippen molar-refractivity contribution in [3.8, 4) is 5.75 Å². The second-order valence-electron chi connectivity index (χ2n) is 9.01. The van der Waals surface area contributed by atoms with E-state index >= 15 is 0 Å². The number of hydrogen-bond donors (Lipinski definition) is 4. The van der Waals surface area contributed by atoms with E-state index in [0.29, 0.717) is 30.7 Å². The van der Waals surface area contributed by atoms with Crippen LogP contribution < -0.4 is 26.4 Å². The van der Waals surface area contributed by atoms with Gasteiger partial charge in [-0.15, -0.1) is 0 Å². The largest absolute Gasteiger partial charge is 0.494 e. The zero-order valence-electron chi connectivity index (χ0n) is 19.6. The number of aliphatic imine (C=N–C) groups is 1. The summed E-state index contributed by atoms with van der Waals surface area (Å²) >= 11 is 0. The summed E-state index contributed by atoms with van der Waals surface area (Å²) in [5.74, 6) is -0.864. The van der Waals surface area contributed by atoms with E-state index in [9.17, 15) is 18.8 Å². The molecule has 186 valence electrons. The second-order valence-corrected chi connectivity index (χ2v) is 9.01. The molecule has 2 fully saturated rings. The van der Waals surface area contributed by atoms with E-state index < -0.39 is 11.9 Å². The van der Waals surface area contributed by atoms with Gasteiger partial charge in [0, 0.05) is 25.4 Å². The summed E-state index contributed by atoms with van der Waals surface area (Å²) in [7, 11) is 1.38. The molecule has 0 aromatic heterocycles. The van der Waals surface area contributed by atoms with Crippen LogP contribution in [-0.2, 0) is 20.9 Å². The molecule has 1 heterocycles. The Bertz CT molecular complexity index is 917. The first-order valence-electron chi connectivity index (χ1n) is 11.9. The summed E-state index contributed by atoms with van der Waals surface area (Å²) < 4.78 is 18.6. The number of nitrogens with one attached hydrogen (secondary N) is 3. The second kappa shape index (κ2) is 12.3. The van der Waals surface area contributed by atoms with Gasteiger partial charge in [0.05, 0.1) is 7.11 Å². The molecule has 3 rings (SSSR count). The summed E-state index contributed by atoms with van der Waals surface area (Å²) in [6, 6.07) is 3.43. The van der Waals surface area contributed by atoms with Gasteiger partial charge in [-0.25, -0.2) is 9.38 Å². The van der Waals surface area contributed by atoms with Crippen molar-refractivity contribution in [1.29, 1.82) is 0 Å². The van der Waals surface area contributed by atoms with Gasteiger partial charge in [0.15, 0.2) is 17.5 Å². The van der Waals surface area contributed by atoms with Gasteiger partial charge in [-0.1, -0.05) is 38.2 Å². The van der Waals surface area contributed by atoms with Gasteiger partial charge >= 0.3 is 0 Å². The third-order valence-electron chi connectivity index (χ3n) is 6.35. The molecule has 0 radical (unpaired) electrons. The van der Waals surface area contributed by atoms with Crippen LogP contribution in [0.15, 0.2) is 23.2 Å². The molecule has 10 heteroatoms. The number of benzene rings is 1. The van der Waals surface area contributed by atoms with E-state index in [2.05, 4.69) is 20.9 Å². The maximum atomic E-state index is 13.7. The molecule has 2 atom stereocenters. The topological polar surface area (TPSA) is 135 Å². The van der Waals surface area contributed by atoms with Crippen molar-refractivity contribution in [2.75, 3.05) is 7.11 Å². The molecule has 1 aromatic carbocycles. The number of ether oxygens (including phenoxy) is 1. The number of nitrogens with two attached hydrogens (primary N) is 1. The van der Waals surface area contributed by atoms with E-state index in [1.54, 1.807) is 6.07 Å². The van der Waals surface area contributed by atoms with Crippen molar-refractivity contribution in [2.45, 2.75) is 76.4 Å². The SMILES string of the molecule is COc1cc(CNC(=O)C(CC2CCCCC2)N=C(N)NC(=O)C[C@@H]2CCC(=O)N2)ccc1F. The van der Waals surface area contributed by atoms with E-state index in [1.807, 2.05) is 0 Å². The number of amides is 3. The molecule has 0 bridgehead atoms. The quantitative estimate of drug-likeness (QED) is 0.320. The maximum absolute atomic E-state index is 13.7. The van der Waals surface area contributed by atoms with Gasteiger partial charge in [0.25, 0.3) is 0 Å². The number of rotatable bonds is 9. The number of halogens is 1. The van der Waals surface area contributed by atoms with Gasteiger partial charge in [-0.2, -0.15) is 0 Å². The summed E-state index contributed by atoms with van der Waals surface area (Å²) in [5, 5.41) is 8.12. The minimum absolute atomic E-state index is 0.0672. The maximum Gasteiger partial charge on any atom is 0.245 e. The Labute approximate surface area is 199 Å². The molecule has 5 N–H and O–H groups in total. The normalized spacial score (nSPS) is 19.9. The average Bonchev–Trinajstić information content (AvgIpc) is 3.22. The van der Waals surface area contributed by atoms with Gasteiger partial charge in [0.2, 0.25) is 17.7 Å². The van der Waals surface area contributed by atoms with Crippen LogP contribution in [0.25, 0.3) is 0 Å². The van der Waals surface area contributed by atoms with E-state index in [0.717, 1.165) is 25.7 Å². The number of carbonyl (C=O) groups is 3. The van der Waals surface area contributed by atoms with Crippen LogP contribution in [0.5, 0.6) is 5.75 Å². The van der Waals surface area contributed by atoms with Crippen LogP contribution in [0.2, 0.25) is 0 Å². The van der Waals surface area contributed by atoms with Gasteiger partial charge in [-0.3, -0.25) is 19.7 Å². The van der Waals surface area contributed by atoms with Crippen LogP contribution in [0.1, 0.15) is 63.4 Å². The van der Waals surface area contributed by atoms with Crippen molar-refractivity contribution in [3.05, 3.63) is 29.6 Å². The summed E-state index contributed by atoms with van der Waals surface area (Å²) in [6.07, 6.45) is 7.15. The molecule has 3 amide bonds. The molecule has 9 nitrogen and oxygen atoms in total. The molecule has 1 aliphatic carbocycles. The lowest BCUT2D eigenvalue weighted by Crippen LogP contribution is -2.43. The zero-order valence-corrected chi connectivity index (χ0v) is 19.6. The van der Waals surface area contributed by atoms with Gasteiger partial charge in [-0.05, 0) is 36.5 Å². The highest BCUT2D eigenvalue weighted by Gasteiger charge is 2.26. The molecule has 1 unspecified atom stereocenters. The van der Waals surface area contributed by atoms with Crippen molar-refractivity contribution in [2.24, 2.45) is 16.6 Å². The average molecular weight is 476 g/mol. The molecule has 1 aliphatic heterocycles. The number of methoxy groups -OCH3 is 1. The fourth-order valence-corrected chi connectivity index (χ4v) is 4.53. The molecule has 1 saturated heterocycles. The minimum Gasteiger partial charge on any atom is -0.494 e. The highest BCUT2D eigenvalue weighted by atomic mass is 19.1. The summed E-state index contributed by atoms with van der Waals surface area (Å²) in [5.41, 5.74) is 6.66. The number of hydrogen-bond acceptors (Lipinski definition) is 5. The molecule has 1 saturated carbocycles. The molecular weight excluding hydrogens is 441 g/mol. The van der Waals surface area contributed by atoms with E-state index in [1.165, 1.54) is 25.7 Å². The Kier molecular flexibility index (Phi) is 9.24. The van der Waals surface area contributed by atoms with E-state index in [4.69, 9.17) is 10.5 Å². The summed E-state index contributed by atoms with van der Waals surface area (Å²) in [6.45, 7) is 0.180. The molecule has 34 heavy (non-hydrogen) atoms. The van der Waals surface area contributed by atoms with Crippen LogP contribution in [0, 0.1) is 11.7 Å². The van der Waals surface area contributed by atoms with Crippen molar-refractivity contribution >= 4 is 23.7 Å². The minimum atomic E-state index is -0.753. The standard InChI is InChI=1S/C24H34FN5O4/c1-34-20-12-16(7-9-18(20)25)14-27-23(33)19(11-15-5-3-2-4-6-15)29-24(26)30-22(32)13-17-8-10-21(31)28-17/h7,9,12,15,17,19H,2-6,8,10-11,13-14H2,1H3,(H,27,33)(H,28,31)(H3,26,29,30,32)/t17-,19?/m0/s1. The first-order chi connectivity index (χ1) is 16.3. The van der Waals surface area contributed by atoms with Gasteiger partial charge in [0.1, 0.15) is 6.04 Å². The predicted molar refractivity (Wildman–Crippen MR) is 125 cm³/mol. The third kappa shape index (κ3) is 7.71. The highest BCUT2D eigenvalue weighted by molar-refractivity contribution is 5.98. The Morgan fingerprint density at radius 1 is 1.26 bits per heavy atom. The van der Waals surface area contributed by atoms with Crippen LogP contribution >= 0.6 is 0 Å². The van der Waals surface area contributed by atoms with Crippen molar-refractivity contribution in [3.63, 3.8) is 0 Å². The first-order valence-corrected chi connectivity index (χ1v) is 11.9. The first kappa shape index (κ1) is 25.5. The molecule has 1 aromatic rings. The number of carbonyl (C=O) groups excluding carboxylic acids is 3. The number of guanidine groups is 1. The lowest BCUT2D eigenvalue weighted by Gasteiger charge is -2.24. The predicted octanol–water partition coefficient (Wildman–Crippen LogP) is 1.89. The fourth-order valence-electron chi connectivity index (χ4n) is 4.53. The fraction of sp³-hybridized carbons (Fsp3) is 0.583. The smallest absolute Gasteiger partial charge is 0.245 e. The Morgan fingerprint density at radius 3 is 2.71 bits per heavy atom. The van der Waals surface area contributed by atoms with E-state index in [-0.39, 0.29) is 48.4 Å². The Hall–Kier alpha value is -3.17. The zero-order chi connectivity index (χ0) is 24.5. The Balaban J connectivity index is 1.62. The van der Waals surface area contributed by atoms with Crippen LogP contribution in [0.3, 0.4) is 0 Å². The number of nitrogens with zero attached hydrogens (tertiary/aromatic N) is 1. The van der Waals surface area contributed by atoms with Crippen LogP contribution in [-0.4, -0.2) is 42.9 Å². The van der Waals surface area contributed by atoms with Gasteiger partial charge < -0.3 is 21.1 Å². The third-order valence-corrected chi connectivity index (χ3v) is 6.35. The van der Waals surface area contributed by atoms with Crippen molar-refractivity contribution in [1.82, 2.24) is 16.0 Å². The molecular formula is C24H34FN5O4. The Morgan fingerprint density at radius 2 is 2.03 bits per heavy atom. The summed E-state index contributed by atoms with van der Waals surface area (Å²) in [4.78, 5) is 41.0. The highest BCUT2D eigenvalue weighted by Crippen LogP contribution is 2.28. The lowest BCUT2D eigenvalue weighted by molar-refractivity contribution is -0.123. The monoisotopic (exact) mass is 475 g/mol. The molecule has 0 spiro atoms. The van der Waals surface area contributed by atoms with Crippen LogP contribution in [0.4, 0.5) is 4.39 Å². The van der Waals surface area contributed by atoms with Crippen molar-refractivity contribution < 1.29 is 23.5 Å². The lowest BCUT2D eigenvalue weighted by atomic mass is 9.84.